The Hall–Kier alpha value is -1.99. The van der Waals surface area contributed by atoms with Crippen LogP contribution in [0.5, 0.6) is 5.88 Å². The summed E-state index contributed by atoms with van der Waals surface area (Å²) < 4.78 is 11.5. The second kappa shape index (κ2) is 12.3. The van der Waals surface area contributed by atoms with E-state index in [1.54, 1.807) is 12.4 Å². The van der Waals surface area contributed by atoms with Gasteiger partial charge < -0.3 is 14.8 Å². The Labute approximate surface area is 200 Å². The van der Waals surface area contributed by atoms with Crippen LogP contribution in [0, 0.1) is 6.92 Å². The van der Waals surface area contributed by atoms with Gasteiger partial charge in [0, 0.05) is 36.9 Å². The molecule has 0 spiro atoms. The fraction of sp³-hybridized carbons (Fsp3) is 0.458. The van der Waals surface area contributed by atoms with Gasteiger partial charge in [0.2, 0.25) is 5.88 Å². The van der Waals surface area contributed by atoms with Crippen molar-refractivity contribution in [2.75, 3.05) is 26.3 Å². The molecule has 3 aromatic rings. The van der Waals surface area contributed by atoms with Gasteiger partial charge in [-0.3, -0.25) is 4.98 Å². The van der Waals surface area contributed by atoms with Gasteiger partial charge >= 0.3 is 0 Å². The van der Waals surface area contributed by atoms with E-state index in [0.717, 1.165) is 74.5 Å². The summed E-state index contributed by atoms with van der Waals surface area (Å²) in [5.74, 6) is 1.17. The Balaban J connectivity index is 0.000000193. The highest BCUT2D eigenvalue weighted by molar-refractivity contribution is 6.29. The monoisotopic (exact) mass is 476 g/mol. The van der Waals surface area contributed by atoms with Crippen LogP contribution >= 0.6 is 24.0 Å². The molecule has 6 nitrogen and oxygen atoms in total. The summed E-state index contributed by atoms with van der Waals surface area (Å²) in [4.78, 5) is 13.1. The first-order valence-electron chi connectivity index (χ1n) is 11.0. The van der Waals surface area contributed by atoms with E-state index in [4.69, 9.17) is 21.1 Å². The average Bonchev–Trinajstić information content (AvgIpc) is 2.81. The van der Waals surface area contributed by atoms with Gasteiger partial charge in [-0.25, -0.2) is 9.97 Å². The molecule has 0 unspecified atom stereocenters. The molecule has 2 saturated heterocycles. The Morgan fingerprint density at radius 3 is 2.53 bits per heavy atom. The Morgan fingerprint density at radius 2 is 1.75 bits per heavy atom. The third-order valence-corrected chi connectivity index (χ3v) is 5.88. The van der Waals surface area contributed by atoms with Crippen molar-refractivity contribution in [2.24, 2.45) is 0 Å². The van der Waals surface area contributed by atoms with Crippen LogP contribution < -0.4 is 10.1 Å². The number of hydrogen-bond acceptors (Lipinski definition) is 6. The molecule has 1 N–H and O–H groups in total. The number of aromatic nitrogens is 3. The highest BCUT2D eigenvalue weighted by atomic mass is 35.5. The molecule has 0 saturated carbocycles. The number of nitrogens with zero attached hydrogens (tertiary/aromatic N) is 3. The number of fused-ring (bicyclic) bond motifs is 1. The lowest BCUT2D eigenvalue weighted by Gasteiger charge is -2.26. The van der Waals surface area contributed by atoms with Crippen molar-refractivity contribution in [3.05, 3.63) is 59.1 Å². The van der Waals surface area contributed by atoms with Crippen LogP contribution in [-0.2, 0) is 4.74 Å². The van der Waals surface area contributed by atoms with Crippen LogP contribution in [0.4, 0.5) is 0 Å². The highest BCUT2D eigenvalue weighted by Gasteiger charge is 2.24. The number of aryl methyl sites for hydroxylation is 1. The van der Waals surface area contributed by atoms with Gasteiger partial charge in [0.15, 0.2) is 0 Å². The zero-order valence-electron chi connectivity index (χ0n) is 18.3. The zero-order chi connectivity index (χ0) is 21.5. The van der Waals surface area contributed by atoms with Gasteiger partial charge in [-0.15, -0.1) is 12.4 Å². The van der Waals surface area contributed by atoms with Crippen LogP contribution in [0.2, 0.25) is 5.15 Å². The van der Waals surface area contributed by atoms with Crippen molar-refractivity contribution >= 4 is 34.9 Å². The largest absolute Gasteiger partial charge is 0.473 e. The number of ether oxygens (including phenoxy) is 2. The molecule has 4 heterocycles. The Morgan fingerprint density at radius 1 is 1.00 bits per heavy atom. The first-order valence-corrected chi connectivity index (χ1v) is 11.4. The van der Waals surface area contributed by atoms with E-state index < -0.39 is 0 Å². The van der Waals surface area contributed by atoms with Gasteiger partial charge in [-0.2, -0.15) is 0 Å². The van der Waals surface area contributed by atoms with Crippen LogP contribution in [0.1, 0.15) is 42.9 Å². The first-order chi connectivity index (χ1) is 15.2. The number of rotatable bonds is 3. The molecule has 0 radical (unpaired) electrons. The van der Waals surface area contributed by atoms with Crippen LogP contribution in [0.15, 0.2) is 42.7 Å². The van der Waals surface area contributed by atoms with Crippen molar-refractivity contribution in [2.45, 2.75) is 44.6 Å². The van der Waals surface area contributed by atoms with Crippen molar-refractivity contribution in [3.63, 3.8) is 0 Å². The molecular formula is C24H30Cl2N4O2. The van der Waals surface area contributed by atoms with Crippen LogP contribution in [0.3, 0.4) is 0 Å². The maximum Gasteiger partial charge on any atom is 0.236 e. The summed E-state index contributed by atoms with van der Waals surface area (Å²) in [5, 5.41) is 5.03. The minimum Gasteiger partial charge on any atom is -0.473 e. The molecule has 0 atom stereocenters. The Bertz CT molecular complexity index is 951. The maximum absolute atomic E-state index is 6.09. The number of piperidine rings is 1. The second-order valence-corrected chi connectivity index (χ2v) is 8.42. The quantitative estimate of drug-likeness (QED) is 0.528. The molecule has 32 heavy (non-hydrogen) atoms. The standard InChI is InChI=1S/C14H21N3O2.C10H8ClN.ClH/c1-5-15-6-2-12(1)19-14-13(16-7-8-17-14)11-3-9-18-10-4-11;1-7-2-4-9-8(6-7)3-5-10(11)12-9;/h7-8,11-12,15H,1-6,9-10H2;2-6H,1H3;1H. The second-order valence-electron chi connectivity index (χ2n) is 8.03. The summed E-state index contributed by atoms with van der Waals surface area (Å²) in [6.45, 7) is 5.74. The first kappa shape index (κ1) is 24.6. The molecule has 2 aromatic heterocycles. The van der Waals surface area contributed by atoms with Crippen molar-refractivity contribution in [3.8, 4) is 5.88 Å². The number of pyridine rings is 1. The van der Waals surface area contributed by atoms with E-state index in [1.807, 2.05) is 24.3 Å². The molecule has 172 valence electrons. The lowest BCUT2D eigenvalue weighted by molar-refractivity contribution is 0.0821. The topological polar surface area (TPSA) is 69.2 Å². The van der Waals surface area contributed by atoms with Gasteiger partial charge in [0.05, 0.1) is 5.52 Å². The molecule has 2 aliphatic heterocycles. The fourth-order valence-electron chi connectivity index (χ4n) is 3.97. The van der Waals surface area contributed by atoms with Crippen molar-refractivity contribution in [1.29, 1.82) is 0 Å². The maximum atomic E-state index is 6.09. The summed E-state index contributed by atoms with van der Waals surface area (Å²) in [5.41, 5.74) is 3.21. The normalized spacial score (nSPS) is 17.2. The van der Waals surface area contributed by atoms with Crippen LogP contribution in [-0.4, -0.2) is 47.4 Å². The van der Waals surface area contributed by atoms with E-state index in [-0.39, 0.29) is 18.5 Å². The van der Waals surface area contributed by atoms with Gasteiger partial charge in [-0.05, 0) is 70.0 Å². The van der Waals surface area contributed by atoms with E-state index >= 15 is 0 Å². The molecule has 8 heteroatoms. The SMILES string of the molecule is Cc1ccc2nc(Cl)ccc2c1.Cl.c1cnc(C2CCOCC2)c(OC2CCNCC2)n1. The molecule has 5 rings (SSSR count). The fourth-order valence-corrected chi connectivity index (χ4v) is 4.12. The molecule has 1 aromatic carbocycles. The summed E-state index contributed by atoms with van der Waals surface area (Å²) >= 11 is 5.75. The average molecular weight is 477 g/mol. The van der Waals surface area contributed by atoms with E-state index in [0.29, 0.717) is 11.1 Å². The van der Waals surface area contributed by atoms with E-state index in [1.165, 1.54) is 5.56 Å². The minimum absolute atomic E-state index is 0. The lowest BCUT2D eigenvalue weighted by Crippen LogP contribution is -2.34. The highest BCUT2D eigenvalue weighted by Crippen LogP contribution is 2.31. The molecule has 2 fully saturated rings. The predicted molar refractivity (Wildman–Crippen MR) is 130 cm³/mol. The van der Waals surface area contributed by atoms with E-state index in [2.05, 4.69) is 33.3 Å². The smallest absolute Gasteiger partial charge is 0.236 e. The van der Waals surface area contributed by atoms with Gasteiger partial charge in [-0.1, -0.05) is 23.2 Å². The van der Waals surface area contributed by atoms with Crippen molar-refractivity contribution in [1.82, 2.24) is 20.3 Å². The minimum atomic E-state index is 0. The third kappa shape index (κ3) is 6.75. The van der Waals surface area contributed by atoms with Crippen molar-refractivity contribution < 1.29 is 9.47 Å². The summed E-state index contributed by atoms with van der Waals surface area (Å²) in [7, 11) is 0. The predicted octanol–water partition coefficient (Wildman–Crippen LogP) is 5.12. The number of nitrogens with one attached hydrogen (secondary N) is 1. The zero-order valence-corrected chi connectivity index (χ0v) is 19.9. The number of hydrogen-bond donors (Lipinski definition) is 1. The van der Waals surface area contributed by atoms with E-state index in [9.17, 15) is 0 Å². The molecule has 0 aliphatic carbocycles. The summed E-state index contributed by atoms with van der Waals surface area (Å²) in [6, 6.07) is 9.90. The van der Waals surface area contributed by atoms with Crippen LogP contribution in [0.25, 0.3) is 10.9 Å². The number of halogens is 2. The van der Waals surface area contributed by atoms with Gasteiger partial charge in [0.25, 0.3) is 0 Å². The number of benzene rings is 1. The lowest BCUT2D eigenvalue weighted by atomic mass is 9.96. The third-order valence-electron chi connectivity index (χ3n) is 5.67. The molecule has 0 amide bonds. The van der Waals surface area contributed by atoms with Gasteiger partial charge in [0.1, 0.15) is 17.0 Å². The summed E-state index contributed by atoms with van der Waals surface area (Å²) in [6.07, 6.45) is 7.88. The Kier molecular flexibility index (Phi) is 9.48. The molecule has 0 bridgehead atoms. The molecular weight excluding hydrogens is 447 g/mol. The molecule has 2 aliphatic rings.